The van der Waals surface area contributed by atoms with Crippen molar-refractivity contribution in [3.8, 4) is 5.75 Å². The van der Waals surface area contributed by atoms with Crippen LogP contribution >= 0.6 is 0 Å². The first kappa shape index (κ1) is 23.9. The van der Waals surface area contributed by atoms with Gasteiger partial charge in [0.15, 0.2) is 0 Å². The van der Waals surface area contributed by atoms with Crippen LogP contribution in [0.5, 0.6) is 5.75 Å². The van der Waals surface area contributed by atoms with Crippen LogP contribution in [0.15, 0.2) is 18.2 Å². The van der Waals surface area contributed by atoms with Gasteiger partial charge in [-0.15, -0.1) is 0 Å². The maximum absolute atomic E-state index is 14.7. The van der Waals surface area contributed by atoms with Crippen molar-refractivity contribution < 1.29 is 33.3 Å². The van der Waals surface area contributed by atoms with Crippen LogP contribution in [0, 0.1) is 5.82 Å². The van der Waals surface area contributed by atoms with Crippen molar-refractivity contribution in [1.29, 1.82) is 0 Å². The number of rotatable bonds is 8. The number of carboxylic acid groups (broad SMARTS) is 1. The predicted molar refractivity (Wildman–Crippen MR) is 118 cm³/mol. The van der Waals surface area contributed by atoms with Crippen LogP contribution in [0.4, 0.5) is 4.39 Å². The Bertz CT molecular complexity index is 855. The second kappa shape index (κ2) is 10.4. The Labute approximate surface area is 193 Å². The minimum atomic E-state index is -0.945. The highest BCUT2D eigenvalue weighted by Crippen LogP contribution is 2.40. The molecule has 1 aliphatic carbocycles. The van der Waals surface area contributed by atoms with Gasteiger partial charge in [-0.2, -0.15) is 0 Å². The Morgan fingerprint density at radius 1 is 1.33 bits per heavy atom. The van der Waals surface area contributed by atoms with Crippen molar-refractivity contribution in [3.05, 3.63) is 29.6 Å². The molecule has 1 saturated carbocycles. The topological polar surface area (TPSA) is 97.3 Å². The number of aliphatic carboxylic acids is 1. The molecule has 2 unspecified atom stereocenters. The van der Waals surface area contributed by atoms with Gasteiger partial charge in [0, 0.05) is 12.1 Å². The Balaban J connectivity index is 1.32. The first-order valence-electron chi connectivity index (χ1n) is 11.7. The number of amides is 1. The zero-order valence-electron chi connectivity index (χ0n) is 19.1. The second-order valence-electron chi connectivity index (χ2n) is 9.39. The number of hydrogen-bond donors (Lipinski definition) is 2. The zero-order chi connectivity index (χ0) is 23.4. The molecule has 4 rings (SSSR count). The van der Waals surface area contributed by atoms with Crippen LogP contribution in [-0.2, 0) is 19.1 Å². The van der Waals surface area contributed by atoms with Crippen LogP contribution in [0.25, 0.3) is 0 Å². The number of ether oxygens (including phenoxy) is 3. The van der Waals surface area contributed by atoms with Crippen molar-refractivity contribution in [2.24, 2.45) is 0 Å². The van der Waals surface area contributed by atoms with E-state index < -0.39 is 11.5 Å². The average molecular weight is 465 g/mol. The van der Waals surface area contributed by atoms with Gasteiger partial charge < -0.3 is 24.6 Å². The summed E-state index contributed by atoms with van der Waals surface area (Å²) < 4.78 is 32.1. The number of halogens is 1. The lowest BCUT2D eigenvalue weighted by atomic mass is 9.82. The fourth-order valence-corrected chi connectivity index (χ4v) is 5.43. The average Bonchev–Trinajstić information content (AvgIpc) is 3.07. The van der Waals surface area contributed by atoms with Crippen molar-refractivity contribution >= 4 is 11.9 Å². The number of nitrogens with zero attached hydrogens (tertiary/aromatic N) is 1. The van der Waals surface area contributed by atoms with Gasteiger partial charge in [-0.25, -0.2) is 4.39 Å². The zero-order valence-corrected chi connectivity index (χ0v) is 19.1. The predicted octanol–water partition coefficient (Wildman–Crippen LogP) is 2.31. The molecule has 1 amide bonds. The van der Waals surface area contributed by atoms with Gasteiger partial charge >= 0.3 is 5.97 Å². The molecule has 33 heavy (non-hydrogen) atoms. The van der Waals surface area contributed by atoms with E-state index >= 15 is 0 Å². The van der Waals surface area contributed by atoms with Gasteiger partial charge in [0.05, 0.1) is 43.9 Å². The van der Waals surface area contributed by atoms with E-state index in [1.54, 1.807) is 12.1 Å². The molecule has 182 valence electrons. The van der Waals surface area contributed by atoms with E-state index in [-0.39, 0.29) is 49.4 Å². The third kappa shape index (κ3) is 5.47. The maximum atomic E-state index is 14.7. The molecule has 2 atom stereocenters. The lowest BCUT2D eigenvalue weighted by Gasteiger charge is -2.41. The number of likely N-dealkylation sites (tertiary alicyclic amines) is 1. The lowest BCUT2D eigenvalue weighted by Crippen LogP contribution is -2.64. The minimum Gasteiger partial charge on any atom is -0.493 e. The summed E-state index contributed by atoms with van der Waals surface area (Å²) in [4.78, 5) is 24.9. The molecular weight excluding hydrogens is 431 g/mol. The number of likely N-dealkylation sites (N-methyl/N-ethyl adjacent to an activating group) is 1. The molecule has 3 fully saturated rings. The standard InChI is InChI=1S/C24H33FN2O6/c1-27-11-10-24(15-31-14-21(28)26-24)20(27)13-33-17-7-5-16(6-8-17)23-18(25)3-2-4-19(23)32-12-9-22(29)30/h2-4,16-17,20H,5-15H2,1H3,(H,26,28)(H,29,30)/t16-,17+,20?,24?. The van der Waals surface area contributed by atoms with E-state index in [9.17, 15) is 14.0 Å². The molecule has 2 heterocycles. The molecule has 1 aromatic rings. The lowest BCUT2D eigenvalue weighted by molar-refractivity contribution is -0.138. The van der Waals surface area contributed by atoms with Gasteiger partial charge in [0.2, 0.25) is 5.91 Å². The largest absolute Gasteiger partial charge is 0.493 e. The van der Waals surface area contributed by atoms with Crippen LogP contribution in [-0.4, -0.2) is 79.6 Å². The van der Waals surface area contributed by atoms with Crippen LogP contribution < -0.4 is 10.1 Å². The van der Waals surface area contributed by atoms with Crippen molar-refractivity contribution in [1.82, 2.24) is 10.2 Å². The number of benzene rings is 1. The second-order valence-corrected chi connectivity index (χ2v) is 9.39. The number of carbonyl (C=O) groups is 2. The van der Waals surface area contributed by atoms with E-state index in [0.29, 0.717) is 24.5 Å². The summed E-state index contributed by atoms with van der Waals surface area (Å²) in [6, 6.07) is 4.78. The van der Waals surface area contributed by atoms with Crippen molar-refractivity contribution in [3.63, 3.8) is 0 Å². The molecule has 0 bridgehead atoms. The molecule has 2 N–H and O–H groups in total. The highest BCUT2D eigenvalue weighted by atomic mass is 19.1. The molecule has 1 aromatic carbocycles. The summed E-state index contributed by atoms with van der Waals surface area (Å²) in [5, 5.41) is 12.0. The fourth-order valence-electron chi connectivity index (χ4n) is 5.43. The molecule has 1 spiro atoms. The minimum absolute atomic E-state index is 0.0115. The summed E-state index contributed by atoms with van der Waals surface area (Å²) in [5.74, 6) is -0.886. The Morgan fingerprint density at radius 2 is 2.12 bits per heavy atom. The van der Waals surface area contributed by atoms with Gasteiger partial charge in [0.1, 0.15) is 18.2 Å². The highest BCUT2D eigenvalue weighted by Gasteiger charge is 2.49. The monoisotopic (exact) mass is 464 g/mol. The quantitative estimate of drug-likeness (QED) is 0.609. The summed E-state index contributed by atoms with van der Waals surface area (Å²) in [5.41, 5.74) is 0.147. The molecular formula is C24H33FN2O6. The summed E-state index contributed by atoms with van der Waals surface area (Å²) in [7, 11) is 2.05. The van der Waals surface area contributed by atoms with E-state index in [0.717, 1.165) is 38.6 Å². The SMILES string of the molecule is CN1CCC2(COCC(=O)N2)C1CO[C@H]1CC[C@@H](c2c(F)cccc2OCCC(=O)O)CC1. The molecule has 2 saturated heterocycles. The maximum Gasteiger partial charge on any atom is 0.306 e. The number of carbonyl (C=O) groups excluding carboxylic acids is 1. The third-order valence-corrected chi connectivity index (χ3v) is 7.22. The number of carboxylic acids is 1. The van der Waals surface area contributed by atoms with Gasteiger partial charge in [-0.05, 0) is 57.2 Å². The molecule has 8 nitrogen and oxygen atoms in total. The van der Waals surface area contributed by atoms with Crippen LogP contribution in [0.2, 0.25) is 0 Å². The molecule has 0 radical (unpaired) electrons. The van der Waals surface area contributed by atoms with Gasteiger partial charge in [-0.3, -0.25) is 14.5 Å². The molecule has 9 heteroatoms. The van der Waals surface area contributed by atoms with Gasteiger partial charge in [-0.1, -0.05) is 6.07 Å². The molecule has 3 aliphatic rings. The van der Waals surface area contributed by atoms with E-state index in [4.69, 9.17) is 19.3 Å². The molecule has 2 aliphatic heterocycles. The summed E-state index contributed by atoms with van der Waals surface area (Å²) >= 11 is 0. The number of hydrogen-bond acceptors (Lipinski definition) is 6. The normalized spacial score (nSPS) is 30.4. The van der Waals surface area contributed by atoms with Crippen LogP contribution in [0.1, 0.15) is 50.0 Å². The first-order chi connectivity index (χ1) is 15.9. The smallest absolute Gasteiger partial charge is 0.306 e. The fraction of sp³-hybridized carbons (Fsp3) is 0.667. The Morgan fingerprint density at radius 3 is 2.85 bits per heavy atom. The Hall–Kier alpha value is -2.23. The van der Waals surface area contributed by atoms with Gasteiger partial charge in [0.25, 0.3) is 0 Å². The number of morpholine rings is 1. The molecule has 0 aromatic heterocycles. The van der Waals surface area contributed by atoms with Crippen LogP contribution in [0.3, 0.4) is 0 Å². The van der Waals surface area contributed by atoms with Crippen molar-refractivity contribution in [2.45, 2.75) is 62.1 Å². The van der Waals surface area contributed by atoms with E-state index in [1.807, 2.05) is 7.05 Å². The summed E-state index contributed by atoms with van der Waals surface area (Å²) in [6.45, 7) is 2.02. The van der Waals surface area contributed by atoms with E-state index in [1.165, 1.54) is 6.07 Å². The third-order valence-electron chi connectivity index (χ3n) is 7.22. The first-order valence-corrected chi connectivity index (χ1v) is 11.7. The summed E-state index contributed by atoms with van der Waals surface area (Å²) in [6.07, 6.45) is 3.95. The number of nitrogens with one attached hydrogen (secondary N) is 1. The highest BCUT2D eigenvalue weighted by molar-refractivity contribution is 5.79. The Kier molecular flexibility index (Phi) is 7.51. The van der Waals surface area contributed by atoms with E-state index in [2.05, 4.69) is 10.2 Å². The van der Waals surface area contributed by atoms with Crippen molar-refractivity contribution in [2.75, 3.05) is 40.0 Å².